The zero-order chi connectivity index (χ0) is 15.5. The van der Waals surface area contributed by atoms with E-state index < -0.39 is 23.7 Å². The predicted molar refractivity (Wildman–Crippen MR) is 71.1 cm³/mol. The molecule has 1 aromatic carbocycles. The molecule has 0 aromatic heterocycles. The molecular formula is C13H12BrF2NO3. The van der Waals surface area contributed by atoms with E-state index in [1.54, 1.807) is 6.07 Å². The molecule has 108 valence electrons. The van der Waals surface area contributed by atoms with Crippen LogP contribution in [0.4, 0.5) is 8.78 Å². The quantitative estimate of drug-likeness (QED) is 0.656. The summed E-state index contributed by atoms with van der Waals surface area (Å²) < 4.78 is 37.7. The van der Waals surface area contributed by atoms with Crippen LogP contribution in [0.5, 0.6) is 5.75 Å². The zero-order valence-electron chi connectivity index (χ0n) is 10.8. The normalized spacial score (nSPS) is 15.1. The Morgan fingerprint density at radius 1 is 1.60 bits per heavy atom. The highest BCUT2D eigenvalue weighted by molar-refractivity contribution is 9.10. The highest BCUT2D eigenvalue weighted by atomic mass is 79.9. The maximum Gasteiger partial charge on any atom is 0.320 e. The summed E-state index contributed by atoms with van der Waals surface area (Å²) >= 11 is 2.87. The summed E-state index contributed by atoms with van der Waals surface area (Å²) in [5.41, 5.74) is -0.173. The molecule has 0 aliphatic carbocycles. The van der Waals surface area contributed by atoms with Crippen LogP contribution in [0.2, 0.25) is 0 Å². The first-order chi connectivity index (χ1) is 9.27. The second kappa shape index (κ2) is 6.31. The molecule has 0 spiro atoms. The number of nitriles is 1. The molecule has 0 aliphatic rings. The Morgan fingerprint density at radius 2 is 2.20 bits per heavy atom. The zero-order valence-corrected chi connectivity index (χ0v) is 12.4. The lowest BCUT2D eigenvalue weighted by Gasteiger charge is -2.30. The Labute approximate surface area is 123 Å². The van der Waals surface area contributed by atoms with Crippen molar-refractivity contribution in [2.45, 2.75) is 19.1 Å². The van der Waals surface area contributed by atoms with E-state index in [0.717, 1.165) is 13.2 Å². The van der Waals surface area contributed by atoms with Gasteiger partial charge in [-0.15, -0.1) is 0 Å². The van der Waals surface area contributed by atoms with Gasteiger partial charge >= 0.3 is 5.85 Å². The minimum absolute atomic E-state index is 0.0296. The lowest BCUT2D eigenvalue weighted by atomic mass is 10.1. The second-order valence-corrected chi connectivity index (χ2v) is 4.76. The number of ether oxygens (including phenoxy) is 2. The molecule has 0 fully saturated rings. The van der Waals surface area contributed by atoms with Crippen molar-refractivity contribution in [1.29, 1.82) is 5.26 Å². The molecule has 2 atom stereocenters. The van der Waals surface area contributed by atoms with Crippen LogP contribution in [0.3, 0.4) is 0 Å². The first-order valence-electron chi connectivity index (χ1n) is 5.40. The van der Waals surface area contributed by atoms with Crippen LogP contribution in [0.1, 0.15) is 12.5 Å². The largest absolute Gasteiger partial charge is 0.447 e. The van der Waals surface area contributed by atoms with Crippen LogP contribution in [0, 0.1) is 17.1 Å². The van der Waals surface area contributed by atoms with Crippen molar-refractivity contribution in [2.24, 2.45) is 0 Å². The van der Waals surface area contributed by atoms with Gasteiger partial charge in [0, 0.05) is 12.7 Å². The van der Waals surface area contributed by atoms with Gasteiger partial charge in [0.2, 0.25) is 6.29 Å². The number of benzene rings is 1. The third-order valence-corrected chi connectivity index (χ3v) is 3.32. The van der Waals surface area contributed by atoms with E-state index in [4.69, 9.17) is 10.00 Å². The van der Waals surface area contributed by atoms with Gasteiger partial charge in [-0.1, -0.05) is 6.58 Å². The smallest absolute Gasteiger partial charge is 0.320 e. The SMILES string of the molecule is C=C(C)C(F)(Oc1ccc(C#N)c(Br)c1F)C(O)OC. The molecule has 7 heteroatoms. The summed E-state index contributed by atoms with van der Waals surface area (Å²) in [7, 11) is 1.07. The van der Waals surface area contributed by atoms with Gasteiger partial charge in [0.25, 0.3) is 0 Å². The van der Waals surface area contributed by atoms with Crippen molar-refractivity contribution in [2.75, 3.05) is 7.11 Å². The Kier molecular flexibility index (Phi) is 5.22. The summed E-state index contributed by atoms with van der Waals surface area (Å²) in [6, 6.07) is 4.09. The van der Waals surface area contributed by atoms with Crippen LogP contribution < -0.4 is 4.74 Å². The number of aliphatic hydroxyl groups is 1. The first-order valence-corrected chi connectivity index (χ1v) is 6.20. The summed E-state index contributed by atoms with van der Waals surface area (Å²) in [6.45, 7) is 4.61. The van der Waals surface area contributed by atoms with E-state index in [9.17, 15) is 13.9 Å². The minimum Gasteiger partial charge on any atom is -0.447 e. The maximum absolute atomic E-state index is 14.5. The number of aliphatic hydroxyl groups excluding tert-OH is 1. The summed E-state index contributed by atoms with van der Waals surface area (Å²) in [5, 5.41) is 18.2. The average Bonchev–Trinajstić information content (AvgIpc) is 2.42. The number of methoxy groups -OCH3 is 1. The molecule has 4 nitrogen and oxygen atoms in total. The molecule has 2 unspecified atom stereocenters. The van der Waals surface area contributed by atoms with E-state index in [2.05, 4.69) is 27.2 Å². The molecule has 1 N–H and O–H groups in total. The minimum atomic E-state index is -2.82. The van der Waals surface area contributed by atoms with Gasteiger partial charge in [-0.05, 0) is 35.0 Å². The van der Waals surface area contributed by atoms with Crippen LogP contribution in [-0.4, -0.2) is 24.4 Å². The van der Waals surface area contributed by atoms with Crippen molar-refractivity contribution in [3.63, 3.8) is 0 Å². The van der Waals surface area contributed by atoms with Gasteiger partial charge in [-0.25, -0.2) is 4.39 Å². The maximum atomic E-state index is 14.5. The summed E-state index contributed by atoms with van der Waals surface area (Å²) in [5.74, 6) is -4.27. The molecule has 0 heterocycles. The fraction of sp³-hybridized carbons (Fsp3) is 0.308. The molecule has 0 saturated heterocycles. The van der Waals surface area contributed by atoms with Gasteiger partial charge < -0.3 is 14.6 Å². The highest BCUT2D eigenvalue weighted by Gasteiger charge is 2.43. The van der Waals surface area contributed by atoms with Crippen LogP contribution in [0.15, 0.2) is 28.8 Å². The van der Waals surface area contributed by atoms with Crippen molar-refractivity contribution < 1.29 is 23.4 Å². The van der Waals surface area contributed by atoms with Crippen LogP contribution in [0.25, 0.3) is 0 Å². The van der Waals surface area contributed by atoms with Gasteiger partial charge in [0.05, 0.1) is 10.0 Å². The van der Waals surface area contributed by atoms with Crippen LogP contribution >= 0.6 is 15.9 Å². The van der Waals surface area contributed by atoms with Gasteiger partial charge in [-0.2, -0.15) is 9.65 Å². The van der Waals surface area contributed by atoms with Crippen molar-refractivity contribution in [3.8, 4) is 11.8 Å². The van der Waals surface area contributed by atoms with Gasteiger partial charge in [-0.3, -0.25) is 0 Å². The molecular weight excluding hydrogens is 336 g/mol. The lowest BCUT2D eigenvalue weighted by Crippen LogP contribution is -2.45. The van der Waals surface area contributed by atoms with E-state index in [1.165, 1.54) is 13.0 Å². The Bertz CT molecular complexity index is 573. The van der Waals surface area contributed by atoms with Crippen LogP contribution in [-0.2, 0) is 4.74 Å². The average molecular weight is 348 g/mol. The fourth-order valence-electron chi connectivity index (χ4n) is 1.36. The molecule has 20 heavy (non-hydrogen) atoms. The van der Waals surface area contributed by atoms with Crippen molar-refractivity contribution in [1.82, 2.24) is 0 Å². The summed E-state index contributed by atoms with van der Waals surface area (Å²) in [4.78, 5) is 0. The standard InChI is InChI=1S/C13H12BrF2NO3/c1-7(2)13(16,12(18)19-3)20-9-5-4-8(6-17)10(14)11(9)15/h4-5,12,18H,1H2,2-3H3. The number of rotatable bonds is 5. The van der Waals surface area contributed by atoms with E-state index in [1.807, 2.05) is 0 Å². The number of hydrogen-bond acceptors (Lipinski definition) is 4. The van der Waals surface area contributed by atoms with E-state index >= 15 is 0 Å². The lowest BCUT2D eigenvalue weighted by molar-refractivity contribution is -0.226. The molecule has 0 amide bonds. The van der Waals surface area contributed by atoms with Crippen molar-refractivity contribution >= 4 is 15.9 Å². The summed E-state index contributed by atoms with van der Waals surface area (Å²) in [6.07, 6.45) is -1.98. The third kappa shape index (κ3) is 2.98. The molecule has 0 radical (unpaired) electrons. The van der Waals surface area contributed by atoms with Gasteiger partial charge in [0.1, 0.15) is 6.07 Å². The van der Waals surface area contributed by atoms with E-state index in [0.29, 0.717) is 0 Å². The van der Waals surface area contributed by atoms with Crippen molar-refractivity contribution in [3.05, 3.63) is 40.1 Å². The topological polar surface area (TPSA) is 62.5 Å². The Morgan fingerprint density at radius 3 is 2.65 bits per heavy atom. The Hall–Kier alpha value is -1.49. The fourth-order valence-corrected chi connectivity index (χ4v) is 1.77. The second-order valence-electron chi connectivity index (χ2n) is 3.97. The predicted octanol–water partition coefficient (Wildman–Crippen LogP) is 3.05. The number of halogens is 3. The number of alkyl halides is 1. The van der Waals surface area contributed by atoms with E-state index in [-0.39, 0.29) is 15.6 Å². The molecule has 0 saturated carbocycles. The molecule has 1 aromatic rings. The molecule has 0 bridgehead atoms. The highest BCUT2D eigenvalue weighted by Crippen LogP contribution is 2.34. The third-order valence-electron chi connectivity index (χ3n) is 2.55. The van der Waals surface area contributed by atoms with Gasteiger partial charge in [0.15, 0.2) is 11.6 Å². The Balaban J connectivity index is 3.24. The monoisotopic (exact) mass is 347 g/mol. The first kappa shape index (κ1) is 16.6. The number of hydrogen-bond donors (Lipinski definition) is 1. The number of nitrogens with zero attached hydrogens (tertiary/aromatic N) is 1. The molecule has 1 rings (SSSR count). The molecule has 0 aliphatic heterocycles.